The number of aromatic carboxylic acids is 1. The number of nitriles is 2. The number of aromatic nitrogens is 8. The zero-order valence-electron chi connectivity index (χ0n) is 40.1. The van der Waals surface area contributed by atoms with Gasteiger partial charge < -0.3 is 35.9 Å². The van der Waals surface area contributed by atoms with Crippen LogP contribution >= 0.6 is 22.6 Å². The molecule has 2 aromatic carbocycles. The van der Waals surface area contributed by atoms with Crippen LogP contribution in [0.5, 0.6) is 0 Å². The van der Waals surface area contributed by atoms with E-state index in [-0.39, 0.29) is 50.7 Å². The monoisotopic (exact) mass is 1170 g/mol. The van der Waals surface area contributed by atoms with Gasteiger partial charge in [0.1, 0.15) is 57.7 Å². The van der Waals surface area contributed by atoms with E-state index in [0.29, 0.717) is 4.91 Å². The van der Waals surface area contributed by atoms with Crippen LogP contribution in [0.4, 0.5) is 46.5 Å². The van der Waals surface area contributed by atoms with Crippen molar-refractivity contribution in [3.8, 4) is 12.1 Å². The lowest BCUT2D eigenvalue weighted by molar-refractivity contribution is -0.149. The van der Waals surface area contributed by atoms with Gasteiger partial charge >= 0.3 is 5.97 Å². The minimum atomic E-state index is -3.07. The molecule has 2 aliphatic carbocycles. The van der Waals surface area contributed by atoms with Crippen LogP contribution in [0.3, 0.4) is 0 Å². The number of hydrogen-bond donors (Lipinski definition) is 7. The number of nitrogens with two attached hydrogens (primary N) is 1. The number of carbonyl (C=O) groups excluding carboxylic acids is 5. The largest absolute Gasteiger partial charge is 0.477 e. The first-order valence-corrected chi connectivity index (χ1v) is 22.5. The predicted octanol–water partition coefficient (Wildman–Crippen LogP) is 5.72. The van der Waals surface area contributed by atoms with Crippen molar-refractivity contribution in [3.05, 3.63) is 128 Å². The topological polar surface area (TPSA) is 325 Å². The number of aromatic amines is 2. The van der Waals surface area contributed by atoms with Crippen molar-refractivity contribution in [2.24, 2.45) is 14.1 Å². The molecule has 6 aromatic rings. The minimum absolute atomic E-state index is 0.0393. The van der Waals surface area contributed by atoms with Gasteiger partial charge in [-0.1, -0.05) is 22.6 Å². The number of rotatable bonds is 11. The van der Waals surface area contributed by atoms with E-state index in [4.69, 9.17) is 22.7 Å². The molecule has 2 fully saturated rings. The second-order valence-corrected chi connectivity index (χ2v) is 16.7. The number of nitrogens with zero attached hydrogens (tertiary/aromatic N) is 8. The first-order valence-electron chi connectivity index (χ1n) is 21.7. The lowest BCUT2D eigenvalue weighted by Gasteiger charge is -2.46. The highest BCUT2D eigenvalue weighted by atomic mass is 127. The van der Waals surface area contributed by atoms with Crippen LogP contribution in [-0.2, 0) is 34.8 Å². The van der Waals surface area contributed by atoms with Gasteiger partial charge in [-0.05, 0) is 54.1 Å². The minimum Gasteiger partial charge on any atom is -0.477 e. The van der Waals surface area contributed by atoms with E-state index in [2.05, 4.69) is 46.8 Å². The van der Waals surface area contributed by atoms with Crippen LogP contribution in [0.1, 0.15) is 102 Å². The Balaban J connectivity index is 0.000000231. The summed E-state index contributed by atoms with van der Waals surface area (Å²) in [5.74, 6) is -16.9. The number of carboxylic acid groups (broad SMARTS) is 1. The van der Waals surface area contributed by atoms with E-state index < -0.39 is 124 Å². The number of anilines is 2. The summed E-state index contributed by atoms with van der Waals surface area (Å²) in [4.78, 5) is 75.0. The Morgan fingerprint density at radius 3 is 1.49 bits per heavy atom. The van der Waals surface area contributed by atoms with Crippen molar-refractivity contribution in [1.29, 1.82) is 10.5 Å². The molecule has 394 valence electrons. The highest BCUT2D eigenvalue weighted by Gasteiger charge is 2.61. The standard InChI is InChI=1S/C22H17F4N7O3.C15H15F2N5O4.C7H4F2N2.CH3I/c1-10-12(18(34)20(36)30-21(8-22(25,26)9-21)15-6-28-32-31-15)7-33(2)17(10)19(35)29-14-4-3-13(23)11(5-27)16(14)24;1-7-8(4-22(2)10(7)13(25)26)11(23)12(24)19-14(5-15(16,17)6-14)9-3-18-21-20-9;8-5-1-2-6(11)7(9)4(5)3-10;1-2/h3-4,6-7H,8-9H2,1-2H3,(H,29,35)(H,30,36)(H,28,31,32);3-4H,5-6H2,1-2H3,(H,19,24)(H,25,26)(H,18,20,21);1-2H,11H2;1H3/i;;;1D. The van der Waals surface area contributed by atoms with E-state index in [0.717, 1.165) is 24.3 Å². The molecule has 8 rings (SSSR count). The Morgan fingerprint density at radius 2 is 1.13 bits per heavy atom. The van der Waals surface area contributed by atoms with E-state index in [9.17, 15) is 63.9 Å². The van der Waals surface area contributed by atoms with Crippen LogP contribution in [0.25, 0.3) is 0 Å². The lowest BCUT2D eigenvalue weighted by Crippen LogP contribution is -2.61. The number of H-pyrrole nitrogens is 2. The molecule has 3 amide bonds. The highest BCUT2D eigenvalue weighted by Crippen LogP contribution is 2.52. The van der Waals surface area contributed by atoms with Crippen molar-refractivity contribution in [2.45, 2.75) is 62.5 Å². The molecule has 4 aromatic heterocycles. The number of amides is 3. The fraction of sp³-hybridized carbons (Fsp3) is 0.289. The molecule has 0 saturated heterocycles. The maximum absolute atomic E-state index is 14.4. The number of carbonyl (C=O) groups is 6. The van der Waals surface area contributed by atoms with Gasteiger partial charge in [0.05, 0.1) is 34.8 Å². The molecule has 0 unspecified atom stereocenters. The third kappa shape index (κ3) is 11.8. The summed E-state index contributed by atoms with van der Waals surface area (Å²) in [6.07, 6.45) is 1.81. The number of hydrogen-bond acceptors (Lipinski definition) is 13. The van der Waals surface area contributed by atoms with E-state index in [1.165, 1.54) is 74.0 Å². The van der Waals surface area contributed by atoms with Gasteiger partial charge in [-0.2, -0.15) is 41.3 Å². The molecule has 0 spiro atoms. The maximum atomic E-state index is 14.4. The average molecular weight is 1170 g/mol. The number of carboxylic acids is 1. The molecule has 2 aliphatic rings. The second kappa shape index (κ2) is 22.3. The van der Waals surface area contributed by atoms with Gasteiger partial charge in [-0.3, -0.25) is 24.0 Å². The lowest BCUT2D eigenvalue weighted by atomic mass is 9.71. The number of halogens is 9. The van der Waals surface area contributed by atoms with Crippen LogP contribution in [0.2, 0.25) is 0 Å². The summed E-state index contributed by atoms with van der Waals surface area (Å²) >= 11 is 1.96. The summed E-state index contributed by atoms with van der Waals surface area (Å²) < 4.78 is 116. The predicted molar refractivity (Wildman–Crippen MR) is 251 cm³/mol. The Bertz CT molecular complexity index is 3320. The first kappa shape index (κ1) is 55.8. The van der Waals surface area contributed by atoms with Gasteiger partial charge in [0, 0.05) is 64.7 Å². The molecule has 21 nitrogen and oxygen atoms in total. The van der Waals surface area contributed by atoms with Gasteiger partial charge in [-0.25, -0.2) is 39.9 Å². The van der Waals surface area contributed by atoms with Crippen LogP contribution in [-0.4, -0.2) is 97.1 Å². The summed E-state index contributed by atoms with van der Waals surface area (Å²) in [6.45, 7) is 2.76. The van der Waals surface area contributed by atoms with Gasteiger partial charge in [0.15, 0.2) is 11.6 Å². The molecule has 0 radical (unpaired) electrons. The van der Waals surface area contributed by atoms with Crippen LogP contribution in [0, 0.1) is 59.8 Å². The Kier molecular flexibility index (Phi) is 16.6. The van der Waals surface area contributed by atoms with E-state index >= 15 is 0 Å². The van der Waals surface area contributed by atoms with E-state index in [1.54, 1.807) is 0 Å². The Hall–Kier alpha value is -8.55. The number of alkyl halides is 5. The average Bonchev–Trinajstić information content (AvgIpc) is 4.16. The molecule has 75 heavy (non-hydrogen) atoms. The zero-order chi connectivity index (χ0) is 56.8. The smallest absolute Gasteiger partial charge is 0.352 e. The molecular formula is C45H39F8IN14O7. The molecule has 8 N–H and O–H groups in total. The molecular weight excluding hydrogens is 1130 g/mol. The quantitative estimate of drug-likeness (QED) is 0.0204. The molecule has 30 heteroatoms. The van der Waals surface area contributed by atoms with Crippen molar-refractivity contribution in [1.82, 2.24) is 50.6 Å². The van der Waals surface area contributed by atoms with E-state index in [1.807, 2.05) is 22.6 Å². The first-order chi connectivity index (χ1) is 35.5. The number of Topliss-reactive ketones (excluding diaryl/α,β-unsaturated/α-hetero) is 2. The van der Waals surface area contributed by atoms with Crippen molar-refractivity contribution >= 4 is 69.2 Å². The zero-order valence-corrected chi connectivity index (χ0v) is 41.3. The summed E-state index contributed by atoms with van der Waals surface area (Å²) in [7, 11) is 2.82. The summed E-state index contributed by atoms with van der Waals surface area (Å²) in [6, 6.07) is 6.50. The third-order valence-electron chi connectivity index (χ3n) is 11.6. The highest BCUT2D eigenvalue weighted by molar-refractivity contribution is 14.1. The molecule has 4 heterocycles. The summed E-state index contributed by atoms with van der Waals surface area (Å²) in [5, 5.41) is 52.3. The number of nitrogen functional groups attached to an aromatic ring is 1. The van der Waals surface area contributed by atoms with Crippen LogP contribution < -0.4 is 21.7 Å². The fourth-order valence-corrected chi connectivity index (χ4v) is 8.18. The second-order valence-electron chi connectivity index (χ2n) is 16.7. The maximum Gasteiger partial charge on any atom is 0.352 e. The molecule has 0 atom stereocenters. The number of aryl methyl sites for hydroxylation is 2. The third-order valence-corrected chi connectivity index (χ3v) is 11.6. The number of nitrogens with one attached hydrogen (secondary N) is 5. The summed E-state index contributed by atoms with van der Waals surface area (Å²) in [5.41, 5.74) is -0.487. The van der Waals surface area contributed by atoms with Crippen molar-refractivity contribution in [3.63, 3.8) is 0 Å². The van der Waals surface area contributed by atoms with Gasteiger partial charge in [0.2, 0.25) is 0 Å². The van der Waals surface area contributed by atoms with Crippen molar-refractivity contribution in [2.75, 3.05) is 16.0 Å². The Morgan fingerprint density at radius 1 is 0.733 bits per heavy atom. The molecule has 0 aliphatic heterocycles. The SMILES string of the molecule is Cc1c(C(=O)C(=O)NC2(c3cn[nH]n3)CC(F)(F)C2)cn(C)c1C(=O)Nc1ccc(F)c(C#N)c1F.Cc1c(C(=O)C(=O)NC2(c3cn[nH]n3)CC(F)(F)C2)cn(C)c1C(=O)O.N#Cc1c(F)ccc(N)c1F.[2H]CI. The number of ketones is 2. The fourth-order valence-electron chi connectivity index (χ4n) is 8.18. The molecule has 2 saturated carbocycles. The Labute approximate surface area is 432 Å². The van der Waals surface area contributed by atoms with Gasteiger partial charge in [-0.15, -0.1) is 0 Å². The molecule has 0 bridgehead atoms. The normalized spacial score (nSPS) is 15.1. The van der Waals surface area contributed by atoms with Gasteiger partial charge in [0.25, 0.3) is 41.1 Å². The van der Waals surface area contributed by atoms with Crippen LogP contribution in [0.15, 0.2) is 49.1 Å². The number of benzene rings is 2. The van der Waals surface area contributed by atoms with Crippen molar-refractivity contribution < 1.29 is 70.4 Å².